The van der Waals surface area contributed by atoms with Crippen LogP contribution in [0, 0.1) is 11.7 Å². The maximum absolute atomic E-state index is 13.3. The first-order valence-corrected chi connectivity index (χ1v) is 14.9. The highest BCUT2D eigenvalue weighted by Crippen LogP contribution is 2.22. The Balaban J connectivity index is 1.98. The molecule has 1 atom stereocenters. The number of halogens is 2. The average molecular weight is 584 g/mol. The van der Waals surface area contributed by atoms with Gasteiger partial charge in [0.2, 0.25) is 10.0 Å². The molecule has 4 amide bonds. The predicted molar refractivity (Wildman–Crippen MR) is 153 cm³/mol. The molecule has 0 aliphatic rings. The number of para-hydroxylation sites is 1. The third-order valence-corrected chi connectivity index (χ3v) is 7.54. The molecule has 0 aliphatic carbocycles. The van der Waals surface area contributed by atoms with Crippen LogP contribution in [0.3, 0.4) is 0 Å². The quantitative estimate of drug-likeness (QED) is 0.229. The van der Waals surface area contributed by atoms with E-state index >= 15 is 0 Å². The lowest BCUT2D eigenvalue weighted by molar-refractivity contribution is 0.183. The molecule has 0 heterocycles. The second-order valence-corrected chi connectivity index (χ2v) is 12.2. The van der Waals surface area contributed by atoms with Crippen LogP contribution in [0.25, 0.3) is 0 Å². The summed E-state index contributed by atoms with van der Waals surface area (Å²) < 4.78 is 40.8. The second kappa shape index (κ2) is 15.6. The largest absolute Gasteiger partial charge is 0.336 e. The maximum Gasteiger partial charge on any atom is 0.319 e. The van der Waals surface area contributed by atoms with Crippen LogP contribution in [-0.2, 0) is 10.0 Å². The molecule has 216 valence electrons. The summed E-state index contributed by atoms with van der Waals surface area (Å²) in [6.45, 7) is 8.57. The van der Waals surface area contributed by atoms with Gasteiger partial charge in [0.05, 0.1) is 5.02 Å². The number of carbonyl (C=O) groups is 2. The molecular weight excluding hydrogens is 545 g/mol. The number of carbonyl (C=O) groups excluding carboxylic acids is 2. The minimum Gasteiger partial charge on any atom is -0.336 e. The van der Waals surface area contributed by atoms with Gasteiger partial charge in [-0.25, -0.2) is 27.1 Å². The van der Waals surface area contributed by atoms with E-state index in [0.717, 1.165) is 18.2 Å². The fourth-order valence-electron chi connectivity index (χ4n) is 3.91. The summed E-state index contributed by atoms with van der Waals surface area (Å²) in [5.41, 5.74) is 0.664. The van der Waals surface area contributed by atoms with Crippen LogP contribution >= 0.6 is 11.6 Å². The highest BCUT2D eigenvalue weighted by atomic mass is 35.5. The number of urea groups is 2. The zero-order valence-electron chi connectivity index (χ0n) is 22.8. The Kier molecular flexibility index (Phi) is 13.0. The molecule has 9 nitrogen and oxygen atoms in total. The topological polar surface area (TPSA) is 120 Å². The lowest BCUT2D eigenvalue weighted by Crippen LogP contribution is -2.51. The monoisotopic (exact) mass is 583 g/mol. The standard InChI is InChI=1S/C27H39ClFN5O4S/c1-19(2)16-23(33-26(35)32-22-10-6-5-7-11-22)18-34(27(36)31-20(3)4)15-9-8-14-30-39(37,38)25-13-12-21(29)17-24(25)28/h5-7,10-13,17,19-20,23,30H,8-9,14-16,18H2,1-4H3,(H,31,36)(H2,32,33,35)/t23-/m1/s1. The Hall–Kier alpha value is -2.89. The Morgan fingerprint density at radius 2 is 1.69 bits per heavy atom. The first kappa shape index (κ1) is 32.3. The molecule has 0 spiro atoms. The molecule has 0 aliphatic heterocycles. The van der Waals surface area contributed by atoms with Crippen LogP contribution in [-0.4, -0.2) is 57.1 Å². The summed E-state index contributed by atoms with van der Waals surface area (Å²) in [5, 5.41) is 8.49. The Morgan fingerprint density at radius 3 is 2.31 bits per heavy atom. The molecule has 0 fully saturated rings. The van der Waals surface area contributed by atoms with E-state index in [9.17, 15) is 22.4 Å². The first-order valence-electron chi connectivity index (χ1n) is 13.0. The summed E-state index contributed by atoms with van der Waals surface area (Å²) in [6.07, 6.45) is 1.61. The molecule has 0 saturated carbocycles. The van der Waals surface area contributed by atoms with E-state index in [1.165, 1.54) is 0 Å². The number of nitrogens with zero attached hydrogens (tertiary/aromatic N) is 1. The van der Waals surface area contributed by atoms with Gasteiger partial charge in [0, 0.05) is 37.4 Å². The van der Waals surface area contributed by atoms with E-state index in [-0.39, 0.29) is 53.1 Å². The summed E-state index contributed by atoms with van der Waals surface area (Å²) in [5.74, 6) is -0.351. The molecule has 39 heavy (non-hydrogen) atoms. The van der Waals surface area contributed by atoms with Crippen molar-refractivity contribution in [2.75, 3.05) is 25.0 Å². The number of sulfonamides is 1. The molecule has 0 radical (unpaired) electrons. The number of nitrogens with one attached hydrogen (secondary N) is 4. The third kappa shape index (κ3) is 11.8. The van der Waals surface area contributed by atoms with Crippen molar-refractivity contribution in [1.29, 1.82) is 0 Å². The lowest BCUT2D eigenvalue weighted by atomic mass is 10.0. The van der Waals surface area contributed by atoms with Crippen LogP contribution in [0.5, 0.6) is 0 Å². The van der Waals surface area contributed by atoms with Gasteiger partial charge in [0.25, 0.3) is 0 Å². The highest BCUT2D eigenvalue weighted by Gasteiger charge is 2.22. The van der Waals surface area contributed by atoms with Crippen molar-refractivity contribution >= 4 is 39.4 Å². The van der Waals surface area contributed by atoms with Gasteiger partial charge in [-0.1, -0.05) is 43.6 Å². The van der Waals surface area contributed by atoms with Crippen molar-refractivity contribution in [3.8, 4) is 0 Å². The SMILES string of the molecule is CC(C)C[C@H](CN(CCCCNS(=O)(=O)c1ccc(F)cc1Cl)C(=O)NC(C)C)NC(=O)Nc1ccccc1. The number of hydrogen-bond donors (Lipinski definition) is 4. The molecule has 0 saturated heterocycles. The minimum atomic E-state index is -3.91. The maximum atomic E-state index is 13.3. The van der Waals surface area contributed by atoms with Crippen LogP contribution < -0.4 is 20.7 Å². The van der Waals surface area contributed by atoms with E-state index in [4.69, 9.17) is 11.6 Å². The number of hydrogen-bond acceptors (Lipinski definition) is 4. The number of anilines is 1. The summed E-state index contributed by atoms with van der Waals surface area (Å²) in [6, 6.07) is 11.2. The number of rotatable bonds is 14. The molecule has 0 unspecified atom stereocenters. The molecule has 0 aromatic heterocycles. The molecular formula is C27H39ClFN5O4S. The summed E-state index contributed by atoms with van der Waals surface area (Å²) in [4.78, 5) is 27.0. The van der Waals surface area contributed by atoms with Crippen LogP contribution in [0.4, 0.5) is 19.7 Å². The second-order valence-electron chi connectivity index (χ2n) is 10.0. The fraction of sp³-hybridized carbons (Fsp3) is 0.481. The Labute approximate surface area is 235 Å². The predicted octanol–water partition coefficient (Wildman–Crippen LogP) is 5.19. The minimum absolute atomic E-state index is 0.0786. The Morgan fingerprint density at radius 1 is 1.00 bits per heavy atom. The van der Waals surface area contributed by atoms with E-state index in [1.807, 2.05) is 45.9 Å². The number of benzene rings is 2. The van der Waals surface area contributed by atoms with E-state index in [1.54, 1.807) is 17.0 Å². The van der Waals surface area contributed by atoms with Gasteiger partial charge in [0.15, 0.2) is 0 Å². The summed E-state index contributed by atoms with van der Waals surface area (Å²) >= 11 is 5.89. The van der Waals surface area contributed by atoms with Gasteiger partial charge >= 0.3 is 12.1 Å². The van der Waals surface area contributed by atoms with E-state index in [0.29, 0.717) is 31.5 Å². The number of amides is 4. The molecule has 12 heteroatoms. The first-order chi connectivity index (χ1) is 18.4. The Bertz CT molecular complexity index is 1180. The van der Waals surface area contributed by atoms with Crippen molar-refractivity contribution in [1.82, 2.24) is 20.3 Å². The van der Waals surface area contributed by atoms with Crippen LogP contribution in [0.15, 0.2) is 53.4 Å². The van der Waals surface area contributed by atoms with Crippen LogP contribution in [0.1, 0.15) is 47.0 Å². The lowest BCUT2D eigenvalue weighted by Gasteiger charge is -2.30. The smallest absolute Gasteiger partial charge is 0.319 e. The molecule has 2 aromatic rings. The van der Waals surface area contributed by atoms with Crippen LogP contribution in [0.2, 0.25) is 5.02 Å². The fourth-order valence-corrected chi connectivity index (χ4v) is 5.51. The third-order valence-electron chi connectivity index (χ3n) is 5.59. The molecule has 2 aromatic carbocycles. The van der Waals surface area contributed by atoms with Crippen molar-refractivity contribution in [3.63, 3.8) is 0 Å². The van der Waals surface area contributed by atoms with Gasteiger partial charge in [0.1, 0.15) is 10.7 Å². The van der Waals surface area contributed by atoms with Gasteiger partial charge in [-0.3, -0.25) is 0 Å². The molecule has 2 rings (SSSR count). The van der Waals surface area contributed by atoms with E-state index < -0.39 is 15.8 Å². The molecule has 4 N–H and O–H groups in total. The van der Waals surface area contributed by atoms with Gasteiger partial charge < -0.3 is 20.9 Å². The van der Waals surface area contributed by atoms with Crippen molar-refractivity contribution < 1.29 is 22.4 Å². The highest BCUT2D eigenvalue weighted by molar-refractivity contribution is 7.89. The zero-order chi connectivity index (χ0) is 29.0. The van der Waals surface area contributed by atoms with Crippen molar-refractivity contribution in [3.05, 3.63) is 59.4 Å². The summed E-state index contributed by atoms with van der Waals surface area (Å²) in [7, 11) is -3.91. The van der Waals surface area contributed by atoms with Gasteiger partial charge in [-0.15, -0.1) is 0 Å². The van der Waals surface area contributed by atoms with Crippen molar-refractivity contribution in [2.45, 2.75) is 63.9 Å². The average Bonchev–Trinajstić information content (AvgIpc) is 2.82. The molecule has 0 bridgehead atoms. The normalized spacial score (nSPS) is 12.3. The van der Waals surface area contributed by atoms with Gasteiger partial charge in [-0.05, 0) is 69.4 Å². The van der Waals surface area contributed by atoms with Crippen molar-refractivity contribution in [2.24, 2.45) is 5.92 Å². The van der Waals surface area contributed by atoms with Gasteiger partial charge in [-0.2, -0.15) is 0 Å². The number of unbranched alkanes of at least 4 members (excludes halogenated alkanes) is 1. The van der Waals surface area contributed by atoms with E-state index in [2.05, 4.69) is 20.7 Å². The zero-order valence-corrected chi connectivity index (χ0v) is 24.4.